The molecule has 2 aromatic rings. The van der Waals surface area contributed by atoms with Crippen molar-refractivity contribution in [2.45, 2.75) is 12.8 Å². The molecule has 6 nitrogen and oxygen atoms in total. The Morgan fingerprint density at radius 1 is 1.00 bits per heavy atom. The second-order valence-corrected chi connectivity index (χ2v) is 6.54. The first-order valence-corrected chi connectivity index (χ1v) is 9.06. The van der Waals surface area contributed by atoms with E-state index in [-0.39, 0.29) is 11.5 Å². The summed E-state index contributed by atoms with van der Waals surface area (Å²) in [6, 6.07) is 14.6. The summed E-state index contributed by atoms with van der Waals surface area (Å²) in [4.78, 5) is 27.5. The predicted octanol–water partition coefficient (Wildman–Crippen LogP) is 2.67. The summed E-state index contributed by atoms with van der Waals surface area (Å²) in [5.74, 6) is 0.0459. The normalized spacial score (nSPS) is 14.1. The van der Waals surface area contributed by atoms with Crippen LogP contribution >= 0.6 is 0 Å². The number of nitrogens with zero attached hydrogens (tertiary/aromatic N) is 2. The van der Waals surface area contributed by atoms with Gasteiger partial charge in [0.1, 0.15) is 5.75 Å². The highest BCUT2D eigenvalue weighted by molar-refractivity contribution is 5.87. The van der Waals surface area contributed by atoms with E-state index in [1.165, 1.54) is 0 Å². The minimum Gasteiger partial charge on any atom is -0.495 e. The van der Waals surface area contributed by atoms with Crippen molar-refractivity contribution < 1.29 is 19.4 Å². The van der Waals surface area contributed by atoms with Crippen LogP contribution in [-0.2, 0) is 11.2 Å². The first-order valence-electron chi connectivity index (χ1n) is 9.06. The van der Waals surface area contributed by atoms with Crippen LogP contribution < -0.4 is 9.64 Å². The molecule has 6 heteroatoms. The van der Waals surface area contributed by atoms with Crippen LogP contribution in [-0.4, -0.2) is 55.2 Å². The number of carboxylic acid groups (broad SMARTS) is 1. The smallest absolute Gasteiger partial charge is 0.335 e. The van der Waals surface area contributed by atoms with Gasteiger partial charge in [-0.05, 0) is 36.2 Å². The van der Waals surface area contributed by atoms with E-state index >= 15 is 0 Å². The third kappa shape index (κ3) is 4.58. The van der Waals surface area contributed by atoms with Crippen molar-refractivity contribution in [3.05, 3.63) is 59.7 Å². The van der Waals surface area contributed by atoms with Crippen LogP contribution in [0, 0.1) is 0 Å². The number of carbonyl (C=O) groups is 2. The second-order valence-electron chi connectivity index (χ2n) is 6.54. The fourth-order valence-corrected chi connectivity index (χ4v) is 3.31. The van der Waals surface area contributed by atoms with Gasteiger partial charge in [0.2, 0.25) is 5.91 Å². The Bertz CT molecular complexity index is 796. The summed E-state index contributed by atoms with van der Waals surface area (Å²) >= 11 is 0. The SMILES string of the molecule is COc1ccccc1N1CCN(C(=O)CCc2ccc(C(=O)O)cc2)CC1. The highest BCUT2D eigenvalue weighted by Crippen LogP contribution is 2.28. The van der Waals surface area contributed by atoms with E-state index < -0.39 is 5.97 Å². The molecule has 3 rings (SSSR count). The average Bonchev–Trinajstić information content (AvgIpc) is 2.72. The van der Waals surface area contributed by atoms with Crippen LogP contribution in [0.2, 0.25) is 0 Å². The number of aryl methyl sites for hydroxylation is 1. The molecule has 1 heterocycles. The van der Waals surface area contributed by atoms with Crippen LogP contribution in [0.1, 0.15) is 22.3 Å². The summed E-state index contributed by atoms with van der Waals surface area (Å²) in [5.41, 5.74) is 2.30. The highest BCUT2D eigenvalue weighted by atomic mass is 16.5. The number of aromatic carboxylic acids is 1. The summed E-state index contributed by atoms with van der Waals surface area (Å²) in [7, 11) is 1.67. The Balaban J connectivity index is 1.50. The molecular weight excluding hydrogens is 344 g/mol. The fraction of sp³-hybridized carbons (Fsp3) is 0.333. The summed E-state index contributed by atoms with van der Waals surface area (Å²) < 4.78 is 5.42. The van der Waals surface area contributed by atoms with Crippen molar-refractivity contribution >= 4 is 17.6 Å². The number of para-hydroxylation sites is 2. The van der Waals surface area contributed by atoms with Gasteiger partial charge in [-0.25, -0.2) is 4.79 Å². The summed E-state index contributed by atoms with van der Waals surface area (Å²) in [6.07, 6.45) is 1.05. The predicted molar refractivity (Wildman–Crippen MR) is 104 cm³/mol. The van der Waals surface area contributed by atoms with E-state index in [2.05, 4.69) is 4.90 Å². The van der Waals surface area contributed by atoms with Gasteiger partial charge in [0.15, 0.2) is 0 Å². The molecule has 1 aliphatic rings. The van der Waals surface area contributed by atoms with Gasteiger partial charge in [-0.15, -0.1) is 0 Å². The molecule has 1 N–H and O–H groups in total. The quantitative estimate of drug-likeness (QED) is 0.849. The van der Waals surface area contributed by atoms with Crippen LogP contribution in [0.15, 0.2) is 48.5 Å². The number of ether oxygens (including phenoxy) is 1. The van der Waals surface area contributed by atoms with Crippen LogP contribution in [0.4, 0.5) is 5.69 Å². The van der Waals surface area contributed by atoms with Crippen molar-refractivity contribution in [3.63, 3.8) is 0 Å². The number of hydrogen-bond donors (Lipinski definition) is 1. The number of hydrogen-bond acceptors (Lipinski definition) is 4. The Morgan fingerprint density at radius 3 is 2.30 bits per heavy atom. The zero-order chi connectivity index (χ0) is 19.2. The van der Waals surface area contributed by atoms with Crippen LogP contribution in [0.3, 0.4) is 0 Å². The molecule has 0 aliphatic carbocycles. The molecule has 0 saturated carbocycles. The molecular formula is C21H24N2O4. The number of carboxylic acids is 1. The van der Waals surface area contributed by atoms with Crippen LogP contribution in [0.25, 0.3) is 0 Å². The van der Waals surface area contributed by atoms with Gasteiger partial charge in [-0.3, -0.25) is 4.79 Å². The molecule has 0 unspecified atom stereocenters. The van der Waals surface area contributed by atoms with E-state index in [0.717, 1.165) is 30.1 Å². The second kappa shape index (κ2) is 8.58. The lowest BCUT2D eigenvalue weighted by Gasteiger charge is -2.36. The lowest BCUT2D eigenvalue weighted by Crippen LogP contribution is -2.48. The average molecular weight is 368 g/mol. The molecule has 0 atom stereocenters. The third-order valence-corrected chi connectivity index (χ3v) is 4.89. The van der Waals surface area contributed by atoms with Gasteiger partial charge in [0.05, 0.1) is 18.4 Å². The van der Waals surface area contributed by atoms with E-state index in [0.29, 0.717) is 25.9 Å². The Hall–Kier alpha value is -3.02. The number of carbonyl (C=O) groups excluding carboxylic acids is 1. The molecule has 1 saturated heterocycles. The van der Waals surface area contributed by atoms with Crippen molar-refractivity contribution in [2.24, 2.45) is 0 Å². The largest absolute Gasteiger partial charge is 0.495 e. The molecule has 0 aromatic heterocycles. The standard InChI is InChI=1S/C21H24N2O4/c1-27-19-5-3-2-4-18(19)22-12-14-23(15-13-22)20(24)11-8-16-6-9-17(10-7-16)21(25)26/h2-7,9-10H,8,11-15H2,1H3,(H,25,26). The van der Waals surface area contributed by atoms with Crippen molar-refractivity contribution in [2.75, 3.05) is 38.2 Å². The molecule has 1 amide bonds. The fourth-order valence-electron chi connectivity index (χ4n) is 3.31. The maximum absolute atomic E-state index is 12.5. The maximum Gasteiger partial charge on any atom is 0.335 e. The van der Waals surface area contributed by atoms with Crippen LogP contribution in [0.5, 0.6) is 5.75 Å². The Labute approximate surface area is 159 Å². The number of methoxy groups -OCH3 is 1. The molecule has 1 fully saturated rings. The minimum absolute atomic E-state index is 0.136. The Morgan fingerprint density at radius 2 is 1.67 bits per heavy atom. The topological polar surface area (TPSA) is 70.1 Å². The molecule has 0 radical (unpaired) electrons. The van der Waals surface area contributed by atoms with E-state index in [1.54, 1.807) is 31.4 Å². The third-order valence-electron chi connectivity index (χ3n) is 4.89. The van der Waals surface area contributed by atoms with Gasteiger partial charge >= 0.3 is 5.97 Å². The van der Waals surface area contributed by atoms with Gasteiger partial charge in [-0.2, -0.15) is 0 Å². The van der Waals surface area contributed by atoms with Gasteiger partial charge in [0, 0.05) is 32.6 Å². The molecule has 2 aromatic carbocycles. The van der Waals surface area contributed by atoms with Gasteiger partial charge in [-0.1, -0.05) is 24.3 Å². The molecule has 1 aliphatic heterocycles. The van der Waals surface area contributed by atoms with E-state index in [1.807, 2.05) is 29.2 Å². The molecule has 0 spiro atoms. The summed E-state index contributed by atoms with van der Waals surface area (Å²) in [5, 5.41) is 8.93. The number of piperazine rings is 1. The number of amides is 1. The molecule has 142 valence electrons. The zero-order valence-electron chi connectivity index (χ0n) is 15.4. The number of benzene rings is 2. The number of anilines is 1. The van der Waals surface area contributed by atoms with Crippen molar-refractivity contribution in [1.82, 2.24) is 4.90 Å². The Kier molecular flexibility index (Phi) is 5.96. The van der Waals surface area contributed by atoms with Crippen molar-refractivity contribution in [1.29, 1.82) is 0 Å². The van der Waals surface area contributed by atoms with E-state index in [4.69, 9.17) is 9.84 Å². The minimum atomic E-state index is -0.939. The lowest BCUT2D eigenvalue weighted by molar-refractivity contribution is -0.131. The monoisotopic (exact) mass is 368 g/mol. The van der Waals surface area contributed by atoms with E-state index in [9.17, 15) is 9.59 Å². The van der Waals surface area contributed by atoms with Crippen molar-refractivity contribution in [3.8, 4) is 5.75 Å². The first-order chi connectivity index (χ1) is 13.1. The molecule has 0 bridgehead atoms. The zero-order valence-corrected chi connectivity index (χ0v) is 15.4. The maximum atomic E-state index is 12.5. The highest BCUT2D eigenvalue weighted by Gasteiger charge is 2.22. The van der Waals surface area contributed by atoms with Gasteiger partial charge in [0.25, 0.3) is 0 Å². The lowest BCUT2D eigenvalue weighted by atomic mass is 10.1. The number of rotatable bonds is 6. The first kappa shape index (κ1) is 18.8. The summed E-state index contributed by atoms with van der Waals surface area (Å²) in [6.45, 7) is 2.93. The molecule has 27 heavy (non-hydrogen) atoms. The van der Waals surface area contributed by atoms with Gasteiger partial charge < -0.3 is 19.6 Å².